The summed E-state index contributed by atoms with van der Waals surface area (Å²) in [6.45, 7) is 8.18. The molecule has 0 spiro atoms. The molecule has 0 amide bonds. The molecule has 0 aliphatic heterocycles. The lowest BCUT2D eigenvalue weighted by Gasteiger charge is -2.06. The fourth-order valence-electron chi connectivity index (χ4n) is 1.42. The summed E-state index contributed by atoms with van der Waals surface area (Å²) in [6.07, 6.45) is 1.01. The summed E-state index contributed by atoms with van der Waals surface area (Å²) in [5.74, 6) is 0.619. The lowest BCUT2D eigenvalue weighted by atomic mass is 9.99. The Balaban J connectivity index is 2.96. The third-order valence-corrected chi connectivity index (χ3v) is 1.83. The minimum absolute atomic E-state index is 0.619. The Bertz CT molecular complexity index is 331. The molecule has 13 heavy (non-hydrogen) atoms. The van der Waals surface area contributed by atoms with Crippen molar-refractivity contribution in [1.29, 1.82) is 5.26 Å². The summed E-state index contributed by atoms with van der Waals surface area (Å²) >= 11 is 0. The number of hydrogen-bond acceptors (Lipinski definition) is 1. The largest absolute Gasteiger partial charge is 0.192 e. The van der Waals surface area contributed by atoms with Gasteiger partial charge in [-0.05, 0) is 42.5 Å². The van der Waals surface area contributed by atoms with E-state index in [-0.39, 0.29) is 0 Å². The summed E-state index contributed by atoms with van der Waals surface area (Å²) in [6, 6.07) is 7.93. The highest BCUT2D eigenvalue weighted by atomic mass is 14.2. The molecule has 1 aromatic rings. The maximum Gasteiger partial charge on any atom is 0.0991 e. The van der Waals surface area contributed by atoms with Crippen LogP contribution in [0.2, 0.25) is 0 Å². The molecule has 1 radical (unpaired) electrons. The molecule has 1 heteroatoms. The van der Waals surface area contributed by atoms with Crippen molar-refractivity contribution in [2.75, 3.05) is 0 Å². The van der Waals surface area contributed by atoms with Crippen LogP contribution in [-0.4, -0.2) is 0 Å². The van der Waals surface area contributed by atoms with Crippen molar-refractivity contribution in [3.63, 3.8) is 0 Å². The lowest BCUT2D eigenvalue weighted by Crippen LogP contribution is -1.95. The zero-order valence-corrected chi connectivity index (χ0v) is 8.17. The van der Waals surface area contributed by atoms with Crippen molar-refractivity contribution >= 4 is 0 Å². The SMILES string of the molecule is [CH2]c1cc(C#N)cc(CC(C)C)c1. The number of nitrogens with zero attached hydrogens (tertiary/aromatic N) is 1. The van der Waals surface area contributed by atoms with E-state index in [0.717, 1.165) is 12.0 Å². The summed E-state index contributed by atoms with van der Waals surface area (Å²) < 4.78 is 0. The Morgan fingerprint density at radius 1 is 1.38 bits per heavy atom. The molecule has 67 valence electrons. The van der Waals surface area contributed by atoms with E-state index in [1.165, 1.54) is 5.56 Å². The molecule has 1 nitrogen and oxygen atoms in total. The minimum atomic E-state index is 0.619. The quantitative estimate of drug-likeness (QED) is 0.672. The van der Waals surface area contributed by atoms with Crippen molar-refractivity contribution in [2.45, 2.75) is 20.3 Å². The van der Waals surface area contributed by atoms with Gasteiger partial charge in [0.2, 0.25) is 0 Å². The lowest BCUT2D eigenvalue weighted by molar-refractivity contribution is 0.647. The van der Waals surface area contributed by atoms with Gasteiger partial charge in [-0.3, -0.25) is 0 Å². The fraction of sp³-hybridized carbons (Fsp3) is 0.333. The second kappa shape index (κ2) is 4.09. The fourth-order valence-corrected chi connectivity index (χ4v) is 1.42. The molecule has 0 bridgehead atoms. The van der Waals surface area contributed by atoms with Crippen LogP contribution in [0.1, 0.15) is 30.5 Å². The van der Waals surface area contributed by atoms with Crippen LogP contribution >= 0.6 is 0 Å². The highest BCUT2D eigenvalue weighted by Crippen LogP contribution is 2.12. The topological polar surface area (TPSA) is 23.8 Å². The zero-order chi connectivity index (χ0) is 9.84. The van der Waals surface area contributed by atoms with Crippen LogP contribution in [-0.2, 0) is 6.42 Å². The second-order valence-corrected chi connectivity index (χ2v) is 3.75. The van der Waals surface area contributed by atoms with Gasteiger partial charge in [-0.15, -0.1) is 0 Å². The third-order valence-electron chi connectivity index (χ3n) is 1.83. The van der Waals surface area contributed by atoms with Gasteiger partial charge in [0.25, 0.3) is 0 Å². The average molecular weight is 172 g/mol. The highest BCUT2D eigenvalue weighted by molar-refractivity contribution is 5.38. The first kappa shape index (κ1) is 9.80. The molecule has 0 heterocycles. The van der Waals surface area contributed by atoms with Gasteiger partial charge < -0.3 is 0 Å². The summed E-state index contributed by atoms with van der Waals surface area (Å²) in [7, 11) is 0. The number of hydrogen-bond donors (Lipinski definition) is 0. The molecule has 0 fully saturated rings. The van der Waals surface area contributed by atoms with Gasteiger partial charge in [0.1, 0.15) is 0 Å². The summed E-state index contributed by atoms with van der Waals surface area (Å²) in [5, 5.41) is 8.74. The summed E-state index contributed by atoms with van der Waals surface area (Å²) in [4.78, 5) is 0. The molecule has 0 aliphatic rings. The van der Waals surface area contributed by atoms with Gasteiger partial charge in [-0.25, -0.2) is 0 Å². The number of nitriles is 1. The minimum Gasteiger partial charge on any atom is -0.192 e. The zero-order valence-electron chi connectivity index (χ0n) is 8.17. The predicted molar refractivity (Wildman–Crippen MR) is 54.2 cm³/mol. The van der Waals surface area contributed by atoms with Crippen LogP contribution in [0.4, 0.5) is 0 Å². The first-order valence-electron chi connectivity index (χ1n) is 4.48. The van der Waals surface area contributed by atoms with Gasteiger partial charge >= 0.3 is 0 Å². The second-order valence-electron chi connectivity index (χ2n) is 3.75. The first-order valence-corrected chi connectivity index (χ1v) is 4.48. The van der Waals surface area contributed by atoms with E-state index in [1.54, 1.807) is 0 Å². The van der Waals surface area contributed by atoms with Gasteiger partial charge in [0.05, 0.1) is 11.6 Å². The average Bonchev–Trinajstić information content (AvgIpc) is 2.01. The van der Waals surface area contributed by atoms with E-state index >= 15 is 0 Å². The van der Waals surface area contributed by atoms with Crippen molar-refractivity contribution in [1.82, 2.24) is 0 Å². The van der Waals surface area contributed by atoms with Gasteiger partial charge in [-0.2, -0.15) is 5.26 Å². The monoisotopic (exact) mass is 172 g/mol. The highest BCUT2D eigenvalue weighted by Gasteiger charge is 2.00. The van der Waals surface area contributed by atoms with E-state index in [0.29, 0.717) is 11.5 Å². The number of rotatable bonds is 2. The van der Waals surface area contributed by atoms with Gasteiger partial charge in [0.15, 0.2) is 0 Å². The first-order chi connectivity index (χ1) is 6.11. The third kappa shape index (κ3) is 2.91. The molecule has 0 saturated heterocycles. The molecular weight excluding hydrogens is 158 g/mol. The molecule has 0 unspecified atom stereocenters. The molecule has 0 N–H and O–H groups in total. The van der Waals surface area contributed by atoms with Crippen LogP contribution in [0.15, 0.2) is 18.2 Å². The Morgan fingerprint density at radius 2 is 2.08 bits per heavy atom. The molecule has 0 aromatic heterocycles. The number of benzene rings is 1. The van der Waals surface area contributed by atoms with E-state index in [4.69, 9.17) is 5.26 Å². The van der Waals surface area contributed by atoms with Crippen LogP contribution < -0.4 is 0 Å². The Hall–Kier alpha value is -1.29. The molecule has 1 aromatic carbocycles. The van der Waals surface area contributed by atoms with Crippen molar-refractivity contribution in [3.05, 3.63) is 41.8 Å². The normalized spacial score (nSPS) is 10.1. The summed E-state index contributed by atoms with van der Waals surface area (Å²) in [5.41, 5.74) is 2.84. The van der Waals surface area contributed by atoms with Crippen molar-refractivity contribution in [2.24, 2.45) is 5.92 Å². The Labute approximate surface area is 80.0 Å². The van der Waals surface area contributed by atoms with Crippen molar-refractivity contribution < 1.29 is 0 Å². The van der Waals surface area contributed by atoms with E-state index in [1.807, 2.05) is 18.2 Å². The van der Waals surface area contributed by atoms with Gasteiger partial charge in [-0.1, -0.05) is 19.9 Å². The van der Waals surface area contributed by atoms with Gasteiger partial charge in [0, 0.05) is 0 Å². The van der Waals surface area contributed by atoms with Crippen LogP contribution in [0.25, 0.3) is 0 Å². The van der Waals surface area contributed by atoms with Crippen molar-refractivity contribution in [3.8, 4) is 6.07 Å². The molecular formula is C12H14N. The molecule has 0 atom stereocenters. The maximum absolute atomic E-state index is 8.74. The van der Waals surface area contributed by atoms with E-state index < -0.39 is 0 Å². The molecule has 1 rings (SSSR count). The molecule has 0 aliphatic carbocycles. The van der Waals surface area contributed by atoms with Crippen LogP contribution in [0, 0.1) is 24.2 Å². The maximum atomic E-state index is 8.74. The smallest absolute Gasteiger partial charge is 0.0991 e. The predicted octanol–water partition coefficient (Wildman–Crippen LogP) is 2.94. The molecule has 0 saturated carbocycles. The van der Waals surface area contributed by atoms with E-state index in [9.17, 15) is 0 Å². The van der Waals surface area contributed by atoms with E-state index in [2.05, 4.69) is 26.8 Å². The standard InChI is InChI=1S/C12H14N/c1-9(2)4-11-5-10(3)6-12(7-11)8-13/h5-7,9H,3-4H2,1-2H3. The Morgan fingerprint density at radius 3 is 2.62 bits per heavy atom. The van der Waals surface area contributed by atoms with Crippen LogP contribution in [0.5, 0.6) is 0 Å². The van der Waals surface area contributed by atoms with Crippen LogP contribution in [0.3, 0.4) is 0 Å². The Kier molecular flexibility index (Phi) is 3.08.